The average molecular weight is 321 g/mol. The molecule has 0 aromatic carbocycles. The number of alkyl halides is 3. The number of alkyl carbamates (subject to hydrolysis) is 1. The fourth-order valence-corrected chi connectivity index (χ4v) is 1.34. The van der Waals surface area contributed by atoms with Crippen molar-refractivity contribution < 1.29 is 19.4 Å². The van der Waals surface area contributed by atoms with Gasteiger partial charge in [-0.3, -0.25) is 0 Å². The Balaban J connectivity index is 4.37. The second-order valence-corrected chi connectivity index (χ2v) is 7.21. The second kappa shape index (κ2) is 6.68. The number of hydrogen-bond acceptors (Lipinski definition) is 3. The van der Waals surface area contributed by atoms with Gasteiger partial charge in [0.1, 0.15) is 11.6 Å². The third-order valence-corrected chi connectivity index (χ3v) is 2.27. The average Bonchev–Trinajstić information content (AvgIpc) is 2.06. The number of carbonyl (C=O) groups excluding carboxylic acids is 1. The van der Waals surface area contributed by atoms with Crippen molar-refractivity contribution in [2.75, 3.05) is 0 Å². The highest BCUT2D eigenvalue weighted by atomic mass is 35.6. The highest BCUT2D eigenvalue weighted by Crippen LogP contribution is 2.31. The molecule has 0 unspecified atom stereocenters. The van der Waals surface area contributed by atoms with Crippen LogP contribution < -0.4 is 5.32 Å². The lowest BCUT2D eigenvalue weighted by Gasteiger charge is -2.22. The molecule has 0 radical (unpaired) electrons. The SMILES string of the molecule is CC(C)(C)OC(=O)N[C@@H](CCC(Cl)(Cl)Cl)C(=O)O. The van der Waals surface area contributed by atoms with E-state index in [1.807, 2.05) is 0 Å². The number of amides is 1. The maximum Gasteiger partial charge on any atom is 0.408 e. The lowest BCUT2D eigenvalue weighted by Crippen LogP contribution is -2.43. The van der Waals surface area contributed by atoms with Crippen LogP contribution in [0.25, 0.3) is 0 Å². The van der Waals surface area contributed by atoms with Crippen LogP contribution >= 0.6 is 34.8 Å². The van der Waals surface area contributed by atoms with Gasteiger partial charge in [0, 0.05) is 0 Å². The number of carboxylic acid groups (broad SMARTS) is 1. The predicted molar refractivity (Wildman–Crippen MR) is 70.3 cm³/mol. The van der Waals surface area contributed by atoms with Crippen molar-refractivity contribution in [3.8, 4) is 0 Å². The molecule has 1 atom stereocenters. The Hall–Kier alpha value is -0.390. The molecule has 5 nitrogen and oxygen atoms in total. The summed E-state index contributed by atoms with van der Waals surface area (Å²) in [5.41, 5.74) is -0.706. The number of hydrogen-bond donors (Lipinski definition) is 2. The van der Waals surface area contributed by atoms with E-state index >= 15 is 0 Å². The van der Waals surface area contributed by atoms with Crippen molar-refractivity contribution in [3.05, 3.63) is 0 Å². The number of carboxylic acids is 1. The van der Waals surface area contributed by atoms with E-state index in [0.717, 1.165) is 0 Å². The summed E-state index contributed by atoms with van der Waals surface area (Å²) in [5.74, 6) is -1.21. The maximum absolute atomic E-state index is 11.4. The molecule has 2 N–H and O–H groups in total. The van der Waals surface area contributed by atoms with Crippen LogP contribution in [0, 0.1) is 0 Å². The molecule has 0 heterocycles. The van der Waals surface area contributed by atoms with Crippen molar-refractivity contribution in [1.29, 1.82) is 0 Å². The van der Waals surface area contributed by atoms with Crippen LogP contribution in [-0.2, 0) is 9.53 Å². The van der Waals surface area contributed by atoms with Crippen molar-refractivity contribution in [3.63, 3.8) is 0 Å². The summed E-state index contributed by atoms with van der Waals surface area (Å²) >= 11 is 16.6. The van der Waals surface area contributed by atoms with E-state index in [9.17, 15) is 9.59 Å². The van der Waals surface area contributed by atoms with E-state index in [1.165, 1.54) is 0 Å². The molecule has 0 aliphatic rings. The van der Waals surface area contributed by atoms with Crippen molar-refractivity contribution in [1.82, 2.24) is 5.32 Å². The maximum atomic E-state index is 11.4. The molecule has 0 fully saturated rings. The van der Waals surface area contributed by atoms with E-state index in [-0.39, 0.29) is 12.8 Å². The first kappa shape index (κ1) is 17.6. The molecular weight excluding hydrogens is 304 g/mol. The van der Waals surface area contributed by atoms with Crippen LogP contribution in [0.5, 0.6) is 0 Å². The highest BCUT2D eigenvalue weighted by Gasteiger charge is 2.28. The largest absolute Gasteiger partial charge is 0.480 e. The molecule has 0 aliphatic carbocycles. The molecule has 106 valence electrons. The van der Waals surface area contributed by atoms with Gasteiger partial charge in [0.15, 0.2) is 3.79 Å². The molecule has 0 aromatic rings. The molecule has 18 heavy (non-hydrogen) atoms. The Morgan fingerprint density at radius 3 is 2.11 bits per heavy atom. The van der Waals surface area contributed by atoms with Gasteiger partial charge in [-0.1, -0.05) is 34.8 Å². The quantitative estimate of drug-likeness (QED) is 0.780. The molecule has 0 rings (SSSR count). The summed E-state index contributed by atoms with van der Waals surface area (Å²) in [5, 5.41) is 11.1. The van der Waals surface area contributed by atoms with Gasteiger partial charge in [-0.15, -0.1) is 0 Å². The molecule has 0 aliphatic heterocycles. The highest BCUT2D eigenvalue weighted by molar-refractivity contribution is 6.67. The van der Waals surface area contributed by atoms with Gasteiger partial charge in [0.25, 0.3) is 0 Å². The lowest BCUT2D eigenvalue weighted by atomic mass is 10.1. The predicted octanol–water partition coefficient (Wildman–Crippen LogP) is 3.11. The van der Waals surface area contributed by atoms with Crippen LogP contribution in [0.1, 0.15) is 33.6 Å². The normalized spacial score (nSPS) is 13.9. The molecule has 0 aromatic heterocycles. The van der Waals surface area contributed by atoms with Crippen LogP contribution in [0.4, 0.5) is 4.79 Å². The number of halogens is 3. The minimum absolute atomic E-state index is 0.00440. The van der Waals surface area contributed by atoms with E-state index < -0.39 is 27.5 Å². The third-order valence-electron chi connectivity index (χ3n) is 1.71. The van der Waals surface area contributed by atoms with Gasteiger partial charge in [-0.2, -0.15) is 0 Å². The number of carbonyl (C=O) groups is 2. The van der Waals surface area contributed by atoms with Gasteiger partial charge >= 0.3 is 12.1 Å². The zero-order chi connectivity index (χ0) is 14.6. The standard InChI is InChI=1S/C10H16Cl3NO4/c1-9(2,3)18-8(17)14-6(7(15)16)4-5-10(11,12)13/h6H,4-5H2,1-3H3,(H,14,17)(H,15,16)/t6-/m0/s1. The molecule has 1 amide bonds. The fraction of sp³-hybridized carbons (Fsp3) is 0.800. The van der Waals surface area contributed by atoms with Gasteiger partial charge in [0.2, 0.25) is 0 Å². The van der Waals surface area contributed by atoms with Crippen molar-refractivity contribution >= 4 is 46.9 Å². The number of rotatable bonds is 4. The Morgan fingerprint density at radius 2 is 1.78 bits per heavy atom. The van der Waals surface area contributed by atoms with Crippen molar-refractivity contribution in [2.45, 2.75) is 49.0 Å². The topological polar surface area (TPSA) is 75.6 Å². The summed E-state index contributed by atoms with van der Waals surface area (Å²) in [4.78, 5) is 22.3. The number of ether oxygens (including phenoxy) is 1. The Bertz CT molecular complexity index is 309. The van der Waals surface area contributed by atoms with Gasteiger partial charge in [-0.25, -0.2) is 9.59 Å². The van der Waals surface area contributed by atoms with E-state index in [1.54, 1.807) is 20.8 Å². The Labute approximate surface area is 121 Å². The third kappa shape index (κ3) is 9.62. The Kier molecular flexibility index (Phi) is 6.54. The second-order valence-electron chi connectivity index (χ2n) is 4.69. The monoisotopic (exact) mass is 319 g/mol. The molecular formula is C10H16Cl3NO4. The Morgan fingerprint density at radius 1 is 1.28 bits per heavy atom. The first-order valence-corrected chi connectivity index (χ1v) is 6.33. The summed E-state index contributed by atoms with van der Waals surface area (Å²) in [6.45, 7) is 5.01. The van der Waals surface area contributed by atoms with Crippen molar-refractivity contribution in [2.24, 2.45) is 0 Å². The van der Waals surface area contributed by atoms with E-state index in [2.05, 4.69) is 5.32 Å². The summed E-state index contributed by atoms with van der Waals surface area (Å²) in [6, 6.07) is -1.16. The van der Waals surface area contributed by atoms with Crippen LogP contribution in [-0.4, -0.2) is 32.6 Å². The molecule has 0 saturated heterocycles. The minimum atomic E-state index is -1.55. The lowest BCUT2D eigenvalue weighted by molar-refractivity contribution is -0.139. The van der Waals surface area contributed by atoms with Crippen LogP contribution in [0.15, 0.2) is 0 Å². The van der Waals surface area contributed by atoms with E-state index in [0.29, 0.717) is 0 Å². The van der Waals surface area contributed by atoms with Gasteiger partial charge in [0.05, 0.1) is 0 Å². The summed E-state index contributed by atoms with van der Waals surface area (Å²) in [7, 11) is 0. The molecule has 0 spiro atoms. The van der Waals surface area contributed by atoms with Crippen LogP contribution in [0.3, 0.4) is 0 Å². The molecule has 8 heteroatoms. The summed E-state index contributed by atoms with van der Waals surface area (Å²) in [6.07, 6.45) is -0.825. The smallest absolute Gasteiger partial charge is 0.408 e. The molecule has 0 saturated carbocycles. The van der Waals surface area contributed by atoms with E-state index in [4.69, 9.17) is 44.6 Å². The molecule has 0 bridgehead atoms. The first-order chi connectivity index (χ1) is 7.91. The first-order valence-electron chi connectivity index (χ1n) is 5.20. The fourth-order valence-electron chi connectivity index (χ4n) is 1.02. The van der Waals surface area contributed by atoms with Crippen LogP contribution in [0.2, 0.25) is 0 Å². The summed E-state index contributed by atoms with van der Waals surface area (Å²) < 4.78 is 3.39. The number of aliphatic carboxylic acids is 1. The zero-order valence-corrected chi connectivity index (χ0v) is 12.6. The minimum Gasteiger partial charge on any atom is -0.480 e. The van der Waals surface area contributed by atoms with Gasteiger partial charge < -0.3 is 15.2 Å². The number of nitrogens with one attached hydrogen (secondary N) is 1. The van der Waals surface area contributed by atoms with Gasteiger partial charge in [-0.05, 0) is 33.6 Å². The zero-order valence-electron chi connectivity index (χ0n) is 10.3.